The van der Waals surface area contributed by atoms with Gasteiger partial charge in [-0.3, -0.25) is 0 Å². The molecule has 0 N–H and O–H groups in total. The molecule has 0 saturated heterocycles. The maximum absolute atomic E-state index is 6.16. The fourth-order valence-corrected chi connectivity index (χ4v) is 4.10. The van der Waals surface area contributed by atoms with Crippen LogP contribution >= 0.6 is 29.3 Å². The van der Waals surface area contributed by atoms with Gasteiger partial charge in [0.1, 0.15) is 5.75 Å². The summed E-state index contributed by atoms with van der Waals surface area (Å²) < 4.78 is 5.61. The van der Waals surface area contributed by atoms with Gasteiger partial charge >= 0.3 is 0 Å². The Morgan fingerprint density at radius 3 is 2.06 bits per heavy atom. The summed E-state index contributed by atoms with van der Waals surface area (Å²) in [6, 6.07) is 19.6. The van der Waals surface area contributed by atoms with Gasteiger partial charge < -0.3 is 4.52 Å². The fraction of sp³-hybridized carbons (Fsp3) is 0. The maximum atomic E-state index is 6.16. The Bertz CT molecular complexity index is 382. The molecule has 82 valence electrons. The van der Waals surface area contributed by atoms with Gasteiger partial charge in [-0.2, -0.15) is 0 Å². The van der Waals surface area contributed by atoms with E-state index in [1.54, 1.807) is 11.4 Å². The van der Waals surface area contributed by atoms with E-state index in [-0.39, 0.29) is 0 Å². The Hall–Kier alpha value is -0.690. The van der Waals surface area contributed by atoms with Crippen molar-refractivity contribution in [2.24, 2.45) is 0 Å². The average molecular weight is 269 g/mol. The highest BCUT2D eigenvalue weighted by Crippen LogP contribution is 2.58. The van der Waals surface area contributed by atoms with E-state index >= 15 is 0 Å². The third kappa shape index (κ3) is 3.71. The van der Waals surface area contributed by atoms with Crippen molar-refractivity contribution in [3.63, 3.8) is 0 Å². The first-order valence-electron chi connectivity index (χ1n) is 4.76. The lowest BCUT2D eigenvalue weighted by Gasteiger charge is -2.10. The van der Waals surface area contributed by atoms with E-state index in [2.05, 4.69) is 0 Å². The van der Waals surface area contributed by atoms with Gasteiger partial charge in [0.05, 0.1) is 0 Å². The molecule has 0 spiro atoms. The zero-order chi connectivity index (χ0) is 11.2. The summed E-state index contributed by atoms with van der Waals surface area (Å²) in [5.41, 5.74) is 0. The van der Waals surface area contributed by atoms with E-state index in [4.69, 9.17) is 15.8 Å². The topological polar surface area (TPSA) is 9.23 Å². The predicted octanol–water partition coefficient (Wildman–Crippen LogP) is 5.32. The molecular formula is C12H10ClOPS. The molecule has 1 atom stereocenters. The van der Waals surface area contributed by atoms with Gasteiger partial charge in [0, 0.05) is 4.90 Å². The Morgan fingerprint density at radius 2 is 1.44 bits per heavy atom. The van der Waals surface area contributed by atoms with E-state index in [1.807, 2.05) is 60.7 Å². The van der Waals surface area contributed by atoms with Crippen LogP contribution in [0.2, 0.25) is 0 Å². The second-order valence-corrected chi connectivity index (χ2v) is 7.35. The van der Waals surface area contributed by atoms with E-state index in [1.165, 1.54) is 0 Å². The smallest absolute Gasteiger partial charge is 0.251 e. The second kappa shape index (κ2) is 6.15. The molecule has 1 nitrogen and oxygen atoms in total. The summed E-state index contributed by atoms with van der Waals surface area (Å²) in [7, 11) is 0. The first-order chi connectivity index (χ1) is 7.84. The minimum absolute atomic E-state index is 0.812. The zero-order valence-electron chi connectivity index (χ0n) is 8.42. The van der Waals surface area contributed by atoms with Crippen molar-refractivity contribution in [1.29, 1.82) is 0 Å². The van der Waals surface area contributed by atoms with Crippen molar-refractivity contribution in [3.05, 3.63) is 60.7 Å². The molecule has 1 unspecified atom stereocenters. The minimum atomic E-state index is -1.04. The molecular weight excluding hydrogens is 259 g/mol. The van der Waals surface area contributed by atoms with Gasteiger partial charge in [-0.15, -0.1) is 0 Å². The molecule has 2 aromatic rings. The molecule has 0 aliphatic rings. The maximum Gasteiger partial charge on any atom is 0.251 e. The van der Waals surface area contributed by atoms with Crippen molar-refractivity contribution in [1.82, 2.24) is 0 Å². The van der Waals surface area contributed by atoms with Crippen LogP contribution in [0, 0.1) is 0 Å². The van der Waals surface area contributed by atoms with Crippen LogP contribution in [-0.4, -0.2) is 0 Å². The molecule has 2 aromatic carbocycles. The molecule has 0 aliphatic heterocycles. The number of benzene rings is 2. The largest absolute Gasteiger partial charge is 0.448 e. The SMILES string of the molecule is ClP(Oc1ccccc1)Sc1ccccc1. The van der Waals surface area contributed by atoms with Crippen LogP contribution in [0.3, 0.4) is 0 Å². The molecule has 0 radical (unpaired) electrons. The van der Waals surface area contributed by atoms with Gasteiger partial charge in [-0.05, 0) is 46.9 Å². The van der Waals surface area contributed by atoms with Crippen molar-refractivity contribution in [2.75, 3.05) is 0 Å². The van der Waals surface area contributed by atoms with Crippen molar-refractivity contribution >= 4 is 29.3 Å². The Labute approximate surface area is 105 Å². The van der Waals surface area contributed by atoms with Gasteiger partial charge in [-0.25, -0.2) is 0 Å². The normalized spacial score (nSPS) is 12.1. The standard InChI is InChI=1S/C12H10ClOPS/c13-15(14-11-7-3-1-4-8-11)16-12-9-5-2-6-10-12/h1-10H. The molecule has 0 bridgehead atoms. The number of rotatable bonds is 4. The molecule has 0 fully saturated rings. The lowest BCUT2D eigenvalue weighted by molar-refractivity contribution is 0.638. The molecule has 0 aliphatic carbocycles. The minimum Gasteiger partial charge on any atom is -0.448 e. The lowest BCUT2D eigenvalue weighted by Crippen LogP contribution is -1.78. The predicted molar refractivity (Wildman–Crippen MR) is 72.1 cm³/mol. The molecule has 0 amide bonds. The fourth-order valence-electron chi connectivity index (χ4n) is 1.15. The van der Waals surface area contributed by atoms with Gasteiger partial charge in [0.25, 0.3) is 6.70 Å². The first kappa shape index (κ1) is 11.8. The quantitative estimate of drug-likeness (QED) is 0.694. The highest BCUT2D eigenvalue weighted by atomic mass is 35.7. The average Bonchev–Trinajstić information content (AvgIpc) is 2.31. The third-order valence-electron chi connectivity index (χ3n) is 1.84. The van der Waals surface area contributed by atoms with Gasteiger partial charge in [-0.1, -0.05) is 36.4 Å². The van der Waals surface area contributed by atoms with Crippen molar-refractivity contribution in [3.8, 4) is 5.75 Å². The summed E-state index contributed by atoms with van der Waals surface area (Å²) in [5, 5.41) is 0. The molecule has 4 heteroatoms. The van der Waals surface area contributed by atoms with Crippen LogP contribution in [0.25, 0.3) is 0 Å². The van der Waals surface area contributed by atoms with Gasteiger partial charge in [0.2, 0.25) is 0 Å². The Kier molecular flexibility index (Phi) is 4.53. The second-order valence-electron chi connectivity index (χ2n) is 3.02. The first-order valence-corrected chi connectivity index (χ1v) is 8.35. The van der Waals surface area contributed by atoms with Crippen LogP contribution in [-0.2, 0) is 0 Å². The van der Waals surface area contributed by atoms with Crippen molar-refractivity contribution < 1.29 is 4.52 Å². The Balaban J connectivity index is 1.92. The van der Waals surface area contributed by atoms with E-state index < -0.39 is 6.70 Å². The number of hydrogen-bond donors (Lipinski definition) is 0. The van der Waals surface area contributed by atoms with Gasteiger partial charge in [0.15, 0.2) is 0 Å². The molecule has 0 saturated carbocycles. The van der Waals surface area contributed by atoms with Crippen LogP contribution in [0.1, 0.15) is 0 Å². The molecule has 0 aromatic heterocycles. The van der Waals surface area contributed by atoms with Crippen LogP contribution in [0.5, 0.6) is 5.75 Å². The lowest BCUT2D eigenvalue weighted by atomic mass is 10.3. The highest BCUT2D eigenvalue weighted by molar-refractivity contribution is 8.61. The summed E-state index contributed by atoms with van der Waals surface area (Å²) in [5.74, 6) is 0.812. The van der Waals surface area contributed by atoms with E-state index in [0.717, 1.165) is 10.6 Å². The monoisotopic (exact) mass is 268 g/mol. The molecule has 0 heterocycles. The number of halogens is 1. The summed E-state index contributed by atoms with van der Waals surface area (Å²) in [6.45, 7) is -1.04. The van der Waals surface area contributed by atoms with E-state index in [0.29, 0.717) is 0 Å². The number of para-hydroxylation sites is 1. The number of hydrogen-bond acceptors (Lipinski definition) is 2. The van der Waals surface area contributed by atoms with Crippen molar-refractivity contribution in [2.45, 2.75) is 4.90 Å². The third-order valence-corrected chi connectivity index (χ3v) is 4.94. The highest BCUT2D eigenvalue weighted by Gasteiger charge is 2.09. The Morgan fingerprint density at radius 1 is 0.875 bits per heavy atom. The van der Waals surface area contributed by atoms with Crippen LogP contribution in [0.15, 0.2) is 65.6 Å². The summed E-state index contributed by atoms with van der Waals surface area (Å²) >= 11 is 7.70. The molecule has 2 rings (SSSR count). The summed E-state index contributed by atoms with van der Waals surface area (Å²) in [4.78, 5) is 1.12. The van der Waals surface area contributed by atoms with E-state index in [9.17, 15) is 0 Å². The summed E-state index contributed by atoms with van der Waals surface area (Å²) in [6.07, 6.45) is 0. The molecule has 16 heavy (non-hydrogen) atoms. The van der Waals surface area contributed by atoms with Crippen LogP contribution < -0.4 is 4.52 Å². The van der Waals surface area contributed by atoms with Crippen LogP contribution in [0.4, 0.5) is 0 Å². The zero-order valence-corrected chi connectivity index (χ0v) is 10.9.